The van der Waals surface area contributed by atoms with Crippen molar-refractivity contribution in [2.24, 2.45) is 5.73 Å². The molecule has 0 amide bonds. The molecule has 1 aliphatic rings. The third-order valence-corrected chi connectivity index (χ3v) is 2.47. The van der Waals surface area contributed by atoms with E-state index >= 15 is 0 Å². The molecule has 0 aromatic heterocycles. The summed E-state index contributed by atoms with van der Waals surface area (Å²) < 4.78 is 5.56. The zero-order chi connectivity index (χ0) is 9.26. The first-order chi connectivity index (χ1) is 6.27. The molecule has 1 aromatic rings. The van der Waals surface area contributed by atoms with Crippen molar-refractivity contribution in [1.29, 1.82) is 0 Å². The number of rotatable bonds is 1. The van der Waals surface area contributed by atoms with Crippen molar-refractivity contribution >= 4 is 0 Å². The fraction of sp³-hybridized carbons (Fsp3) is 0.455. The molecule has 1 heterocycles. The Balaban J connectivity index is 2.35. The lowest BCUT2D eigenvalue weighted by Gasteiger charge is -2.18. The standard InChI is InChI=1S/C11H15NO/c1-8(12)10-5-4-9-3-2-6-13-11(9)7-10/h4-5,7-8H,2-3,6,12H2,1H3/t8-/m1/s1. The molecule has 70 valence electrons. The average molecular weight is 177 g/mol. The normalized spacial score (nSPS) is 17.4. The van der Waals surface area contributed by atoms with Crippen LogP contribution < -0.4 is 10.5 Å². The van der Waals surface area contributed by atoms with Crippen LogP contribution in [0.25, 0.3) is 0 Å². The van der Waals surface area contributed by atoms with Crippen molar-refractivity contribution in [3.05, 3.63) is 29.3 Å². The number of hydrogen-bond acceptors (Lipinski definition) is 2. The summed E-state index contributed by atoms with van der Waals surface area (Å²) >= 11 is 0. The van der Waals surface area contributed by atoms with E-state index in [4.69, 9.17) is 10.5 Å². The number of hydrogen-bond donors (Lipinski definition) is 1. The molecule has 1 atom stereocenters. The van der Waals surface area contributed by atoms with E-state index in [-0.39, 0.29) is 6.04 Å². The maximum absolute atomic E-state index is 5.79. The fourth-order valence-corrected chi connectivity index (χ4v) is 1.64. The second-order valence-electron chi connectivity index (χ2n) is 3.61. The van der Waals surface area contributed by atoms with Crippen LogP contribution >= 0.6 is 0 Å². The summed E-state index contributed by atoms with van der Waals surface area (Å²) in [6, 6.07) is 6.39. The summed E-state index contributed by atoms with van der Waals surface area (Å²) in [6.07, 6.45) is 2.26. The van der Waals surface area contributed by atoms with Gasteiger partial charge in [-0.3, -0.25) is 0 Å². The van der Waals surface area contributed by atoms with Gasteiger partial charge in [-0.15, -0.1) is 0 Å². The van der Waals surface area contributed by atoms with Gasteiger partial charge in [0.25, 0.3) is 0 Å². The largest absolute Gasteiger partial charge is 0.493 e. The van der Waals surface area contributed by atoms with Gasteiger partial charge in [-0.2, -0.15) is 0 Å². The third-order valence-electron chi connectivity index (χ3n) is 2.47. The molecule has 2 nitrogen and oxygen atoms in total. The van der Waals surface area contributed by atoms with Crippen molar-refractivity contribution in [2.45, 2.75) is 25.8 Å². The maximum atomic E-state index is 5.79. The van der Waals surface area contributed by atoms with Gasteiger partial charge in [0.1, 0.15) is 5.75 Å². The van der Waals surface area contributed by atoms with E-state index in [2.05, 4.69) is 18.2 Å². The molecule has 1 aromatic carbocycles. The molecule has 0 radical (unpaired) electrons. The number of fused-ring (bicyclic) bond motifs is 1. The van der Waals surface area contributed by atoms with Crippen molar-refractivity contribution in [1.82, 2.24) is 0 Å². The lowest BCUT2D eigenvalue weighted by Crippen LogP contribution is -2.10. The zero-order valence-electron chi connectivity index (χ0n) is 7.92. The van der Waals surface area contributed by atoms with Gasteiger partial charge in [-0.1, -0.05) is 12.1 Å². The first-order valence-corrected chi connectivity index (χ1v) is 4.78. The van der Waals surface area contributed by atoms with Crippen LogP contribution in [0.15, 0.2) is 18.2 Å². The van der Waals surface area contributed by atoms with Gasteiger partial charge >= 0.3 is 0 Å². The highest BCUT2D eigenvalue weighted by atomic mass is 16.5. The topological polar surface area (TPSA) is 35.2 Å². The van der Waals surface area contributed by atoms with E-state index in [0.717, 1.165) is 30.8 Å². The Morgan fingerprint density at radius 1 is 1.46 bits per heavy atom. The van der Waals surface area contributed by atoms with Gasteiger partial charge in [0.2, 0.25) is 0 Å². The van der Waals surface area contributed by atoms with Gasteiger partial charge < -0.3 is 10.5 Å². The van der Waals surface area contributed by atoms with Crippen LogP contribution in [-0.2, 0) is 6.42 Å². The monoisotopic (exact) mass is 177 g/mol. The Bertz CT molecular complexity index is 307. The molecule has 13 heavy (non-hydrogen) atoms. The van der Waals surface area contributed by atoms with E-state index in [1.54, 1.807) is 0 Å². The van der Waals surface area contributed by atoms with Crippen LogP contribution in [0, 0.1) is 0 Å². The van der Waals surface area contributed by atoms with Gasteiger partial charge in [0, 0.05) is 6.04 Å². The maximum Gasteiger partial charge on any atom is 0.122 e. The van der Waals surface area contributed by atoms with Crippen molar-refractivity contribution in [3.63, 3.8) is 0 Å². The van der Waals surface area contributed by atoms with E-state index < -0.39 is 0 Å². The van der Waals surface area contributed by atoms with Crippen molar-refractivity contribution in [3.8, 4) is 5.75 Å². The minimum atomic E-state index is 0.0934. The molecule has 0 bridgehead atoms. The van der Waals surface area contributed by atoms with Crippen LogP contribution in [-0.4, -0.2) is 6.61 Å². The predicted molar refractivity (Wildman–Crippen MR) is 52.9 cm³/mol. The van der Waals surface area contributed by atoms with Crippen molar-refractivity contribution < 1.29 is 4.74 Å². The van der Waals surface area contributed by atoms with E-state index in [1.807, 2.05) is 6.92 Å². The number of nitrogens with two attached hydrogens (primary N) is 1. The predicted octanol–water partition coefficient (Wildman–Crippen LogP) is 2.03. The molecule has 0 unspecified atom stereocenters. The van der Waals surface area contributed by atoms with Gasteiger partial charge in [0.15, 0.2) is 0 Å². The van der Waals surface area contributed by atoms with Crippen LogP contribution in [0.4, 0.5) is 0 Å². The first-order valence-electron chi connectivity index (χ1n) is 4.78. The number of ether oxygens (including phenoxy) is 1. The SMILES string of the molecule is C[C@@H](N)c1ccc2c(c1)OCCC2. The van der Waals surface area contributed by atoms with Crippen LogP contribution in [0.5, 0.6) is 5.75 Å². The molecule has 0 saturated carbocycles. The highest BCUT2D eigenvalue weighted by molar-refractivity contribution is 5.39. The Hall–Kier alpha value is -1.02. The molecular formula is C11H15NO. The fourth-order valence-electron chi connectivity index (χ4n) is 1.64. The lowest BCUT2D eigenvalue weighted by molar-refractivity contribution is 0.288. The summed E-state index contributed by atoms with van der Waals surface area (Å²) in [5.41, 5.74) is 8.26. The van der Waals surface area contributed by atoms with Gasteiger partial charge in [0.05, 0.1) is 6.61 Å². The van der Waals surface area contributed by atoms with Crippen LogP contribution in [0.2, 0.25) is 0 Å². The Morgan fingerprint density at radius 2 is 2.31 bits per heavy atom. The molecule has 0 fully saturated rings. The molecule has 0 spiro atoms. The first kappa shape index (κ1) is 8.57. The Labute approximate surface area is 78.7 Å². The summed E-state index contributed by atoms with van der Waals surface area (Å²) in [7, 11) is 0. The number of benzene rings is 1. The lowest BCUT2D eigenvalue weighted by atomic mass is 10.0. The van der Waals surface area contributed by atoms with Crippen molar-refractivity contribution in [2.75, 3.05) is 6.61 Å². The van der Waals surface area contributed by atoms with E-state index in [1.165, 1.54) is 5.56 Å². The summed E-state index contributed by atoms with van der Waals surface area (Å²) in [5, 5.41) is 0. The quantitative estimate of drug-likeness (QED) is 0.712. The van der Waals surface area contributed by atoms with Gasteiger partial charge in [-0.25, -0.2) is 0 Å². The molecule has 0 saturated heterocycles. The minimum absolute atomic E-state index is 0.0934. The molecule has 2 N–H and O–H groups in total. The highest BCUT2D eigenvalue weighted by Crippen LogP contribution is 2.27. The number of aryl methyl sites for hydroxylation is 1. The van der Waals surface area contributed by atoms with Crippen LogP contribution in [0.1, 0.15) is 30.5 Å². The van der Waals surface area contributed by atoms with Crippen LogP contribution in [0.3, 0.4) is 0 Å². The van der Waals surface area contributed by atoms with E-state index in [0.29, 0.717) is 0 Å². The smallest absolute Gasteiger partial charge is 0.122 e. The van der Waals surface area contributed by atoms with E-state index in [9.17, 15) is 0 Å². The zero-order valence-corrected chi connectivity index (χ0v) is 7.92. The Morgan fingerprint density at radius 3 is 3.08 bits per heavy atom. The molecule has 2 rings (SSSR count). The second-order valence-corrected chi connectivity index (χ2v) is 3.61. The second kappa shape index (κ2) is 3.38. The molecule has 0 aliphatic carbocycles. The summed E-state index contributed by atoms with van der Waals surface area (Å²) in [4.78, 5) is 0. The molecule has 2 heteroatoms. The average Bonchev–Trinajstić information content (AvgIpc) is 2.17. The molecule has 1 aliphatic heterocycles. The summed E-state index contributed by atoms with van der Waals surface area (Å²) in [5.74, 6) is 1.03. The Kier molecular flexibility index (Phi) is 2.23. The highest BCUT2D eigenvalue weighted by Gasteiger charge is 2.11. The van der Waals surface area contributed by atoms with Gasteiger partial charge in [-0.05, 0) is 37.0 Å². The summed E-state index contributed by atoms with van der Waals surface area (Å²) in [6.45, 7) is 2.83. The molecular weight excluding hydrogens is 162 g/mol. The third kappa shape index (κ3) is 1.68. The minimum Gasteiger partial charge on any atom is -0.493 e.